The smallest absolute Gasteiger partial charge is 0.181 e. The van der Waals surface area contributed by atoms with E-state index >= 15 is 0 Å². The van der Waals surface area contributed by atoms with Gasteiger partial charge in [0.2, 0.25) is 0 Å². The van der Waals surface area contributed by atoms with Crippen LogP contribution in [0.15, 0.2) is 21.2 Å². The van der Waals surface area contributed by atoms with Crippen LogP contribution in [0.1, 0.15) is 26.5 Å². The molecule has 20 heavy (non-hydrogen) atoms. The van der Waals surface area contributed by atoms with E-state index < -0.39 is 0 Å². The molecule has 0 unspecified atom stereocenters. The molecule has 0 fully saturated rings. The van der Waals surface area contributed by atoms with Crippen molar-refractivity contribution in [1.29, 1.82) is 0 Å². The van der Waals surface area contributed by atoms with E-state index in [1.54, 1.807) is 6.20 Å². The maximum Gasteiger partial charge on any atom is 0.181 e. The molecular formula is C13H13Br2IN4. The molecule has 106 valence electrons. The summed E-state index contributed by atoms with van der Waals surface area (Å²) >= 11 is 9.06. The summed E-state index contributed by atoms with van der Waals surface area (Å²) in [6, 6.07) is 1.91. The van der Waals surface area contributed by atoms with Gasteiger partial charge in [0.1, 0.15) is 11.5 Å². The van der Waals surface area contributed by atoms with Crippen LogP contribution < -0.4 is 5.73 Å². The Kier molecular flexibility index (Phi) is 4.70. The zero-order valence-corrected chi connectivity index (χ0v) is 16.5. The summed E-state index contributed by atoms with van der Waals surface area (Å²) in [6.07, 6.45) is 1.72. The minimum atomic E-state index is -0.107. The first-order valence-corrected chi connectivity index (χ1v) is 8.51. The molecule has 0 spiro atoms. The number of nitrogens with two attached hydrogens (primary N) is 1. The third-order valence-corrected chi connectivity index (χ3v) is 4.71. The van der Waals surface area contributed by atoms with Gasteiger partial charge >= 0.3 is 0 Å². The zero-order chi connectivity index (χ0) is 15.1. The zero-order valence-electron chi connectivity index (χ0n) is 11.2. The van der Waals surface area contributed by atoms with Crippen molar-refractivity contribution in [3.05, 3.63) is 30.5 Å². The second-order valence-corrected chi connectivity index (χ2v) is 8.18. The molecule has 0 radical (unpaired) electrons. The molecule has 7 heteroatoms. The maximum absolute atomic E-state index is 6.02. The maximum atomic E-state index is 6.02. The quantitative estimate of drug-likeness (QED) is 0.571. The fourth-order valence-corrected chi connectivity index (χ4v) is 3.86. The lowest BCUT2D eigenvalue weighted by Gasteiger charge is -2.21. The number of aromatic nitrogens is 3. The molecule has 0 aromatic carbocycles. The van der Waals surface area contributed by atoms with Gasteiger partial charge in [0, 0.05) is 20.6 Å². The summed E-state index contributed by atoms with van der Waals surface area (Å²) in [7, 11) is 0. The lowest BCUT2D eigenvalue weighted by Crippen LogP contribution is -2.18. The van der Waals surface area contributed by atoms with Crippen molar-refractivity contribution in [2.45, 2.75) is 26.2 Å². The summed E-state index contributed by atoms with van der Waals surface area (Å²) < 4.78 is 2.61. The molecule has 0 aliphatic carbocycles. The van der Waals surface area contributed by atoms with E-state index in [1.165, 1.54) is 0 Å². The van der Waals surface area contributed by atoms with Crippen molar-refractivity contribution >= 4 is 60.3 Å². The van der Waals surface area contributed by atoms with Crippen LogP contribution in [0.4, 0.5) is 5.82 Å². The molecule has 0 aliphatic rings. The topological polar surface area (TPSA) is 64.7 Å². The number of pyridine rings is 1. The molecule has 0 amide bonds. The Morgan fingerprint density at radius 2 is 1.85 bits per heavy atom. The molecule has 2 N–H and O–H groups in total. The van der Waals surface area contributed by atoms with Crippen LogP contribution in [0.5, 0.6) is 0 Å². The number of rotatable bonds is 1. The SMILES string of the molecule is CC(C)(C)c1nc(-c2ncc(Br)cc2Br)nc(N)c1I. The molecule has 0 bridgehead atoms. The predicted molar refractivity (Wildman–Crippen MR) is 96.5 cm³/mol. The van der Waals surface area contributed by atoms with E-state index in [0.717, 1.165) is 18.2 Å². The largest absolute Gasteiger partial charge is 0.383 e. The summed E-state index contributed by atoms with van der Waals surface area (Å²) in [5.74, 6) is 1.02. The number of halogens is 3. The first-order valence-electron chi connectivity index (χ1n) is 5.85. The van der Waals surface area contributed by atoms with Gasteiger partial charge in [0.15, 0.2) is 5.82 Å². The molecule has 2 aromatic rings. The Morgan fingerprint density at radius 1 is 1.20 bits per heavy atom. The van der Waals surface area contributed by atoms with E-state index in [9.17, 15) is 0 Å². The van der Waals surface area contributed by atoms with Gasteiger partial charge in [-0.2, -0.15) is 0 Å². The lowest BCUT2D eigenvalue weighted by atomic mass is 9.92. The van der Waals surface area contributed by atoms with Crippen molar-refractivity contribution < 1.29 is 0 Å². The van der Waals surface area contributed by atoms with Crippen LogP contribution in [-0.2, 0) is 5.41 Å². The van der Waals surface area contributed by atoms with Crippen LogP contribution in [0.3, 0.4) is 0 Å². The summed E-state index contributed by atoms with van der Waals surface area (Å²) in [6.45, 7) is 6.31. The van der Waals surface area contributed by atoms with Crippen molar-refractivity contribution in [2.75, 3.05) is 5.73 Å². The highest BCUT2D eigenvalue weighted by molar-refractivity contribution is 14.1. The highest BCUT2D eigenvalue weighted by Gasteiger charge is 2.23. The minimum absolute atomic E-state index is 0.107. The van der Waals surface area contributed by atoms with Crippen molar-refractivity contribution in [3.63, 3.8) is 0 Å². The van der Waals surface area contributed by atoms with Gasteiger partial charge in [-0.3, -0.25) is 4.98 Å². The number of anilines is 1. The van der Waals surface area contributed by atoms with Crippen molar-refractivity contribution in [2.24, 2.45) is 0 Å². The van der Waals surface area contributed by atoms with Crippen LogP contribution in [0, 0.1) is 3.57 Å². The Hall–Kier alpha value is -0.280. The monoisotopic (exact) mass is 510 g/mol. The molecule has 0 saturated heterocycles. The molecular weight excluding hydrogens is 499 g/mol. The average molecular weight is 512 g/mol. The molecule has 0 saturated carbocycles. The predicted octanol–water partition coefficient (Wildman–Crippen LogP) is 4.55. The van der Waals surface area contributed by atoms with Gasteiger partial charge in [0.05, 0.1) is 9.26 Å². The van der Waals surface area contributed by atoms with Gasteiger partial charge in [-0.05, 0) is 60.5 Å². The second-order valence-electron chi connectivity index (χ2n) is 5.33. The van der Waals surface area contributed by atoms with E-state index in [2.05, 4.69) is 90.2 Å². The number of nitrogen functional groups attached to an aromatic ring is 1. The average Bonchev–Trinajstić information content (AvgIpc) is 2.31. The Balaban J connectivity index is 2.67. The van der Waals surface area contributed by atoms with Crippen molar-refractivity contribution in [1.82, 2.24) is 15.0 Å². The standard InChI is InChI=1S/C13H13Br2IN4/c1-13(2,3)10-8(16)11(17)20-12(19-10)9-7(15)4-6(14)5-18-9/h4-5H,1-3H3,(H2,17,19,20). The highest BCUT2D eigenvalue weighted by atomic mass is 127. The Morgan fingerprint density at radius 3 is 2.40 bits per heavy atom. The van der Waals surface area contributed by atoms with E-state index in [1.807, 2.05) is 6.07 Å². The summed E-state index contributed by atoms with van der Waals surface area (Å²) in [5, 5.41) is 0. The summed E-state index contributed by atoms with van der Waals surface area (Å²) in [5.41, 5.74) is 7.53. The van der Waals surface area contributed by atoms with Gasteiger partial charge in [-0.25, -0.2) is 9.97 Å². The minimum Gasteiger partial charge on any atom is -0.383 e. The number of hydrogen-bond donors (Lipinski definition) is 1. The fraction of sp³-hybridized carbons (Fsp3) is 0.308. The first-order chi connectivity index (χ1) is 9.20. The van der Waals surface area contributed by atoms with Crippen molar-refractivity contribution in [3.8, 4) is 11.5 Å². The molecule has 4 nitrogen and oxygen atoms in total. The number of hydrogen-bond acceptors (Lipinski definition) is 4. The van der Waals surface area contributed by atoms with Gasteiger partial charge < -0.3 is 5.73 Å². The highest BCUT2D eigenvalue weighted by Crippen LogP contribution is 2.32. The molecule has 0 atom stereocenters. The molecule has 0 aliphatic heterocycles. The van der Waals surface area contributed by atoms with Crippen LogP contribution in [-0.4, -0.2) is 15.0 Å². The Bertz CT molecular complexity index is 668. The Labute approximate surface area is 148 Å². The second kappa shape index (κ2) is 5.84. The summed E-state index contributed by atoms with van der Waals surface area (Å²) in [4.78, 5) is 13.4. The molecule has 2 aromatic heterocycles. The first kappa shape index (κ1) is 16.1. The van der Waals surface area contributed by atoms with Crippen LogP contribution in [0.25, 0.3) is 11.5 Å². The lowest BCUT2D eigenvalue weighted by molar-refractivity contribution is 0.564. The van der Waals surface area contributed by atoms with E-state index in [4.69, 9.17) is 5.73 Å². The van der Waals surface area contributed by atoms with Crippen LogP contribution in [0.2, 0.25) is 0 Å². The fourth-order valence-electron chi connectivity index (χ4n) is 1.65. The van der Waals surface area contributed by atoms with Crippen LogP contribution >= 0.6 is 54.5 Å². The third-order valence-electron chi connectivity index (χ3n) is 2.61. The molecule has 2 heterocycles. The van der Waals surface area contributed by atoms with E-state index in [0.29, 0.717) is 17.3 Å². The van der Waals surface area contributed by atoms with E-state index in [-0.39, 0.29) is 5.41 Å². The third kappa shape index (κ3) is 3.30. The molecule has 2 rings (SSSR count). The van der Waals surface area contributed by atoms with Gasteiger partial charge in [-0.1, -0.05) is 20.8 Å². The van der Waals surface area contributed by atoms with Gasteiger partial charge in [-0.15, -0.1) is 0 Å². The number of nitrogens with zero attached hydrogens (tertiary/aromatic N) is 3. The normalized spacial score (nSPS) is 11.7. The van der Waals surface area contributed by atoms with Gasteiger partial charge in [0.25, 0.3) is 0 Å².